The van der Waals surface area contributed by atoms with Crippen molar-refractivity contribution < 1.29 is 13.2 Å². The van der Waals surface area contributed by atoms with E-state index in [4.69, 9.17) is 11.6 Å². The topological polar surface area (TPSA) is 66.5 Å². The molecule has 0 aromatic heterocycles. The van der Waals surface area contributed by atoms with Gasteiger partial charge in [-0.3, -0.25) is 9.10 Å². The number of anilines is 1. The minimum Gasteiger partial charge on any atom is -0.348 e. The second-order valence-corrected chi connectivity index (χ2v) is 8.24. The van der Waals surface area contributed by atoms with E-state index in [-0.39, 0.29) is 18.5 Å². The van der Waals surface area contributed by atoms with Crippen molar-refractivity contribution in [3.8, 4) is 0 Å². The van der Waals surface area contributed by atoms with Crippen LogP contribution in [0.15, 0.2) is 48.5 Å². The van der Waals surface area contributed by atoms with Gasteiger partial charge in [-0.1, -0.05) is 48.0 Å². The Hall–Kier alpha value is -2.05. The molecule has 134 valence electrons. The lowest BCUT2D eigenvalue weighted by atomic mass is 10.1. The minimum absolute atomic E-state index is 0.226. The van der Waals surface area contributed by atoms with Crippen LogP contribution in [-0.4, -0.2) is 27.1 Å². The molecule has 25 heavy (non-hydrogen) atoms. The molecule has 1 N–H and O–H groups in total. The first-order valence-electron chi connectivity index (χ1n) is 7.76. The molecule has 0 aliphatic carbocycles. The Balaban J connectivity index is 2.20. The summed E-state index contributed by atoms with van der Waals surface area (Å²) in [4.78, 5) is 12.4. The van der Waals surface area contributed by atoms with E-state index in [0.717, 1.165) is 21.7 Å². The number of nitrogens with zero attached hydrogens (tertiary/aromatic N) is 1. The van der Waals surface area contributed by atoms with Gasteiger partial charge in [0.1, 0.15) is 6.54 Å². The number of sulfonamides is 1. The Kier molecular flexibility index (Phi) is 6.08. The van der Waals surface area contributed by atoms with Crippen LogP contribution in [0, 0.1) is 6.92 Å². The number of hydrogen-bond acceptors (Lipinski definition) is 3. The molecule has 2 aromatic rings. The van der Waals surface area contributed by atoms with Gasteiger partial charge in [0.05, 0.1) is 18.0 Å². The molecule has 0 saturated carbocycles. The molecule has 0 unspecified atom stereocenters. The van der Waals surface area contributed by atoms with Gasteiger partial charge in [0.2, 0.25) is 15.9 Å². The van der Waals surface area contributed by atoms with Crippen molar-refractivity contribution in [3.63, 3.8) is 0 Å². The number of nitrogens with one attached hydrogen (secondary N) is 1. The van der Waals surface area contributed by atoms with E-state index in [1.54, 1.807) is 25.1 Å². The van der Waals surface area contributed by atoms with Crippen molar-refractivity contribution in [3.05, 3.63) is 64.7 Å². The largest absolute Gasteiger partial charge is 0.348 e. The van der Waals surface area contributed by atoms with Crippen LogP contribution in [0.25, 0.3) is 0 Å². The number of benzene rings is 2. The Labute approximate surface area is 153 Å². The van der Waals surface area contributed by atoms with Crippen LogP contribution in [-0.2, 0) is 14.8 Å². The maximum atomic E-state index is 12.4. The number of aryl methyl sites for hydroxylation is 1. The van der Waals surface area contributed by atoms with Gasteiger partial charge in [-0.05, 0) is 37.1 Å². The van der Waals surface area contributed by atoms with Gasteiger partial charge in [-0.2, -0.15) is 0 Å². The molecule has 7 heteroatoms. The van der Waals surface area contributed by atoms with Gasteiger partial charge in [0, 0.05) is 5.02 Å². The molecule has 5 nitrogen and oxygen atoms in total. The van der Waals surface area contributed by atoms with E-state index in [9.17, 15) is 13.2 Å². The molecule has 1 amide bonds. The number of rotatable bonds is 6. The molecular formula is C18H21ClN2O3S. The van der Waals surface area contributed by atoms with Crippen molar-refractivity contribution >= 4 is 33.2 Å². The fourth-order valence-corrected chi connectivity index (χ4v) is 3.55. The van der Waals surface area contributed by atoms with E-state index in [1.807, 2.05) is 37.3 Å². The van der Waals surface area contributed by atoms with Crippen LogP contribution in [0.5, 0.6) is 0 Å². The molecule has 0 heterocycles. The van der Waals surface area contributed by atoms with Crippen LogP contribution in [0.2, 0.25) is 5.02 Å². The Morgan fingerprint density at radius 2 is 1.84 bits per heavy atom. The van der Waals surface area contributed by atoms with E-state index in [1.165, 1.54) is 0 Å². The first kappa shape index (κ1) is 19.3. The zero-order valence-corrected chi connectivity index (χ0v) is 15.9. The SMILES string of the molecule is Cc1ccc(Cl)cc1N(CC(=O)N[C@H](C)c1ccccc1)S(C)(=O)=O. The van der Waals surface area contributed by atoms with Gasteiger partial charge in [-0.15, -0.1) is 0 Å². The monoisotopic (exact) mass is 380 g/mol. The third kappa shape index (κ3) is 5.21. The summed E-state index contributed by atoms with van der Waals surface area (Å²) in [6, 6.07) is 14.2. The predicted octanol–water partition coefficient (Wildman–Crippen LogP) is 3.29. The lowest BCUT2D eigenvalue weighted by molar-refractivity contribution is -0.120. The summed E-state index contributed by atoms with van der Waals surface area (Å²) < 4.78 is 25.4. The molecular weight excluding hydrogens is 360 g/mol. The number of hydrogen-bond donors (Lipinski definition) is 1. The highest BCUT2D eigenvalue weighted by Crippen LogP contribution is 2.26. The van der Waals surface area contributed by atoms with Crippen LogP contribution < -0.4 is 9.62 Å². The van der Waals surface area contributed by atoms with Gasteiger partial charge < -0.3 is 5.32 Å². The standard InChI is InChI=1S/C18H21ClN2O3S/c1-13-9-10-16(19)11-17(13)21(25(3,23)24)12-18(22)20-14(2)15-7-5-4-6-8-15/h4-11,14H,12H2,1-3H3,(H,20,22)/t14-/m1/s1. The Bertz CT molecular complexity index is 854. The second kappa shape index (κ2) is 7.89. The fourth-order valence-electron chi connectivity index (χ4n) is 2.47. The van der Waals surface area contributed by atoms with Gasteiger partial charge >= 0.3 is 0 Å². The molecule has 0 fully saturated rings. The number of halogens is 1. The zero-order valence-electron chi connectivity index (χ0n) is 14.4. The zero-order chi connectivity index (χ0) is 18.6. The number of carbonyl (C=O) groups excluding carboxylic acids is 1. The van der Waals surface area contributed by atoms with Crippen LogP contribution in [0.4, 0.5) is 5.69 Å². The molecule has 2 rings (SSSR count). The van der Waals surface area contributed by atoms with Crippen molar-refractivity contribution in [2.45, 2.75) is 19.9 Å². The molecule has 0 radical (unpaired) electrons. The quantitative estimate of drug-likeness (QED) is 0.836. The maximum absolute atomic E-state index is 12.4. The van der Waals surface area contributed by atoms with Gasteiger partial charge in [0.25, 0.3) is 0 Å². The predicted molar refractivity (Wildman–Crippen MR) is 101 cm³/mol. The normalized spacial score (nSPS) is 12.5. The first-order valence-corrected chi connectivity index (χ1v) is 9.99. The van der Waals surface area contributed by atoms with Crippen molar-refractivity contribution in [1.29, 1.82) is 0 Å². The van der Waals surface area contributed by atoms with E-state index in [0.29, 0.717) is 10.7 Å². The summed E-state index contributed by atoms with van der Waals surface area (Å²) in [6.45, 7) is 3.31. The van der Waals surface area contributed by atoms with Crippen molar-refractivity contribution in [2.24, 2.45) is 0 Å². The average Bonchev–Trinajstić information content (AvgIpc) is 2.55. The molecule has 0 spiro atoms. The summed E-state index contributed by atoms with van der Waals surface area (Å²) in [5.74, 6) is -0.388. The minimum atomic E-state index is -3.64. The third-order valence-electron chi connectivity index (χ3n) is 3.80. The van der Waals surface area contributed by atoms with Crippen LogP contribution in [0.3, 0.4) is 0 Å². The lowest BCUT2D eigenvalue weighted by Gasteiger charge is -2.25. The third-order valence-corrected chi connectivity index (χ3v) is 5.17. The van der Waals surface area contributed by atoms with Crippen molar-refractivity contribution in [2.75, 3.05) is 17.1 Å². The van der Waals surface area contributed by atoms with E-state index >= 15 is 0 Å². The summed E-state index contributed by atoms with van der Waals surface area (Å²) in [5, 5.41) is 3.23. The highest BCUT2D eigenvalue weighted by molar-refractivity contribution is 7.92. The van der Waals surface area contributed by atoms with E-state index in [2.05, 4.69) is 5.32 Å². The molecule has 2 aromatic carbocycles. The van der Waals surface area contributed by atoms with Gasteiger partial charge in [-0.25, -0.2) is 8.42 Å². The molecule has 1 atom stereocenters. The van der Waals surface area contributed by atoms with E-state index < -0.39 is 10.0 Å². The first-order chi connectivity index (χ1) is 11.7. The molecule has 0 saturated heterocycles. The maximum Gasteiger partial charge on any atom is 0.241 e. The summed E-state index contributed by atoms with van der Waals surface area (Å²) >= 11 is 5.99. The highest BCUT2D eigenvalue weighted by Gasteiger charge is 2.23. The Morgan fingerprint density at radius 3 is 2.44 bits per heavy atom. The lowest BCUT2D eigenvalue weighted by Crippen LogP contribution is -2.41. The highest BCUT2D eigenvalue weighted by atomic mass is 35.5. The van der Waals surface area contributed by atoms with Crippen LogP contribution >= 0.6 is 11.6 Å². The molecule has 0 aliphatic rings. The smallest absolute Gasteiger partial charge is 0.241 e. The molecule has 0 aliphatic heterocycles. The second-order valence-electron chi connectivity index (χ2n) is 5.90. The number of amides is 1. The van der Waals surface area contributed by atoms with Gasteiger partial charge in [0.15, 0.2) is 0 Å². The van der Waals surface area contributed by atoms with Crippen LogP contribution in [0.1, 0.15) is 24.1 Å². The Morgan fingerprint density at radius 1 is 1.20 bits per heavy atom. The summed E-state index contributed by atoms with van der Waals surface area (Å²) in [5.41, 5.74) is 2.07. The van der Waals surface area contributed by atoms with Crippen molar-refractivity contribution in [1.82, 2.24) is 5.32 Å². The fraction of sp³-hybridized carbons (Fsp3) is 0.278. The average molecular weight is 381 g/mol. The number of carbonyl (C=O) groups is 1. The molecule has 0 bridgehead atoms. The summed E-state index contributed by atoms with van der Waals surface area (Å²) in [6.07, 6.45) is 1.07. The summed E-state index contributed by atoms with van der Waals surface area (Å²) in [7, 11) is -3.64.